The Labute approximate surface area is 201 Å². The Morgan fingerprint density at radius 2 is 1.64 bits per heavy atom. The van der Waals surface area contributed by atoms with Gasteiger partial charge >= 0.3 is 0 Å². The summed E-state index contributed by atoms with van der Waals surface area (Å²) >= 11 is 0. The van der Waals surface area contributed by atoms with E-state index in [9.17, 15) is 0 Å². The smallest absolute Gasteiger partial charge is 0.213 e. The van der Waals surface area contributed by atoms with Crippen molar-refractivity contribution < 1.29 is 18.9 Å². The van der Waals surface area contributed by atoms with Crippen molar-refractivity contribution in [3.63, 3.8) is 0 Å². The Hall–Kier alpha value is -1.33. The minimum absolute atomic E-state index is 0.0935. The van der Waals surface area contributed by atoms with Gasteiger partial charge in [-0.25, -0.2) is 4.98 Å². The molecule has 0 N–H and O–H groups in total. The fourth-order valence-electron chi connectivity index (χ4n) is 4.69. The van der Waals surface area contributed by atoms with Gasteiger partial charge in [-0.3, -0.25) is 0 Å². The van der Waals surface area contributed by atoms with E-state index in [0.29, 0.717) is 29.4 Å². The Balaban J connectivity index is 1.28. The Morgan fingerprint density at radius 1 is 0.939 bits per heavy atom. The lowest BCUT2D eigenvalue weighted by Gasteiger charge is -2.43. The lowest BCUT2D eigenvalue weighted by atomic mass is 9.67. The van der Waals surface area contributed by atoms with Crippen LogP contribution in [-0.4, -0.2) is 41.6 Å². The van der Waals surface area contributed by atoms with Gasteiger partial charge in [-0.05, 0) is 76.7 Å². The standard InChI is InChI=1S/C28H47NO4/c1-19(11-12-30-23-14-21(15-23)27(3,4)5)13-20(2)31-26-10-9-22(18-29-26)32-24-16-25(17-24)33-28(6,7)8/h9-10,18-21,23-25H,11-17H2,1-8H3. The highest BCUT2D eigenvalue weighted by Gasteiger charge is 2.37. The second-order valence-corrected chi connectivity index (χ2v) is 12.5. The molecule has 5 nitrogen and oxygen atoms in total. The molecule has 0 amide bonds. The third-order valence-electron chi connectivity index (χ3n) is 6.92. The molecule has 188 valence electrons. The molecule has 33 heavy (non-hydrogen) atoms. The lowest BCUT2D eigenvalue weighted by molar-refractivity contribution is -0.126. The van der Waals surface area contributed by atoms with Crippen molar-refractivity contribution in [2.45, 2.75) is 124 Å². The summed E-state index contributed by atoms with van der Waals surface area (Å²) in [5.74, 6) is 2.82. The van der Waals surface area contributed by atoms with E-state index in [-0.39, 0.29) is 17.8 Å². The first-order chi connectivity index (χ1) is 15.4. The van der Waals surface area contributed by atoms with Crippen molar-refractivity contribution in [3.05, 3.63) is 18.3 Å². The van der Waals surface area contributed by atoms with Crippen LogP contribution in [0.1, 0.15) is 93.9 Å². The maximum atomic E-state index is 6.09. The normalized spacial score (nSPS) is 27.3. The van der Waals surface area contributed by atoms with Gasteiger partial charge in [-0.2, -0.15) is 0 Å². The van der Waals surface area contributed by atoms with Crippen LogP contribution >= 0.6 is 0 Å². The molecule has 1 aromatic heterocycles. The Kier molecular flexibility index (Phi) is 8.71. The largest absolute Gasteiger partial charge is 0.489 e. The first kappa shape index (κ1) is 26.3. The maximum absolute atomic E-state index is 6.09. The second-order valence-electron chi connectivity index (χ2n) is 12.5. The van der Waals surface area contributed by atoms with Crippen molar-refractivity contribution in [1.82, 2.24) is 4.98 Å². The third-order valence-corrected chi connectivity index (χ3v) is 6.92. The molecule has 5 heteroatoms. The summed E-state index contributed by atoms with van der Waals surface area (Å²) in [6.45, 7) is 18.5. The molecular formula is C28H47NO4. The molecule has 0 bridgehead atoms. The number of pyridine rings is 1. The number of hydrogen-bond donors (Lipinski definition) is 0. The van der Waals surface area contributed by atoms with E-state index in [1.807, 2.05) is 12.1 Å². The van der Waals surface area contributed by atoms with Gasteiger partial charge in [0.25, 0.3) is 0 Å². The van der Waals surface area contributed by atoms with Crippen LogP contribution in [0, 0.1) is 17.3 Å². The fourth-order valence-corrected chi connectivity index (χ4v) is 4.69. The summed E-state index contributed by atoms with van der Waals surface area (Å²) in [5, 5.41) is 0. The van der Waals surface area contributed by atoms with Crippen molar-refractivity contribution in [2.75, 3.05) is 6.61 Å². The monoisotopic (exact) mass is 461 g/mol. The topological polar surface area (TPSA) is 49.8 Å². The average Bonchev–Trinajstić information content (AvgIpc) is 2.61. The molecule has 1 aromatic rings. The van der Waals surface area contributed by atoms with E-state index >= 15 is 0 Å². The summed E-state index contributed by atoms with van der Waals surface area (Å²) in [6.07, 6.45) is 9.25. The zero-order valence-corrected chi connectivity index (χ0v) is 22.2. The molecule has 2 atom stereocenters. The number of rotatable bonds is 11. The highest BCUT2D eigenvalue weighted by molar-refractivity contribution is 5.23. The highest BCUT2D eigenvalue weighted by atomic mass is 16.5. The van der Waals surface area contributed by atoms with Gasteiger partial charge in [0.1, 0.15) is 11.9 Å². The predicted molar refractivity (Wildman–Crippen MR) is 133 cm³/mol. The summed E-state index contributed by atoms with van der Waals surface area (Å²) in [6, 6.07) is 3.86. The molecule has 2 saturated carbocycles. The Bertz CT molecular complexity index is 709. The van der Waals surface area contributed by atoms with Gasteiger partial charge < -0.3 is 18.9 Å². The van der Waals surface area contributed by atoms with Crippen molar-refractivity contribution in [1.29, 1.82) is 0 Å². The lowest BCUT2D eigenvalue weighted by Crippen LogP contribution is -2.43. The molecule has 0 saturated heterocycles. The number of aromatic nitrogens is 1. The number of hydrogen-bond acceptors (Lipinski definition) is 5. The van der Waals surface area contributed by atoms with Crippen LogP contribution in [0.4, 0.5) is 0 Å². The summed E-state index contributed by atoms with van der Waals surface area (Å²) in [7, 11) is 0. The Morgan fingerprint density at radius 3 is 2.21 bits per heavy atom. The van der Waals surface area contributed by atoms with Crippen molar-refractivity contribution >= 4 is 0 Å². The minimum atomic E-state index is -0.0935. The van der Waals surface area contributed by atoms with E-state index in [0.717, 1.165) is 44.0 Å². The van der Waals surface area contributed by atoms with Crippen LogP contribution in [0.15, 0.2) is 18.3 Å². The molecule has 1 heterocycles. The van der Waals surface area contributed by atoms with Gasteiger partial charge in [0, 0.05) is 25.5 Å². The number of ether oxygens (including phenoxy) is 4. The van der Waals surface area contributed by atoms with Crippen molar-refractivity contribution in [2.24, 2.45) is 17.3 Å². The first-order valence-corrected chi connectivity index (χ1v) is 13.0. The first-order valence-electron chi connectivity index (χ1n) is 13.0. The van der Waals surface area contributed by atoms with Gasteiger partial charge in [-0.15, -0.1) is 0 Å². The van der Waals surface area contributed by atoms with Gasteiger partial charge in [0.05, 0.1) is 30.1 Å². The molecule has 2 fully saturated rings. The van der Waals surface area contributed by atoms with Gasteiger partial charge in [0.2, 0.25) is 5.88 Å². The predicted octanol–water partition coefficient (Wildman–Crippen LogP) is 6.83. The average molecular weight is 462 g/mol. The molecule has 0 aromatic carbocycles. The van der Waals surface area contributed by atoms with Crippen LogP contribution in [0.5, 0.6) is 11.6 Å². The van der Waals surface area contributed by atoms with Crippen LogP contribution in [0.25, 0.3) is 0 Å². The van der Waals surface area contributed by atoms with E-state index in [4.69, 9.17) is 18.9 Å². The van der Waals surface area contributed by atoms with E-state index in [1.54, 1.807) is 6.20 Å². The molecule has 2 aliphatic carbocycles. The molecule has 2 aliphatic rings. The second kappa shape index (κ2) is 10.9. The van der Waals surface area contributed by atoms with E-state index < -0.39 is 0 Å². The molecular weight excluding hydrogens is 414 g/mol. The minimum Gasteiger partial charge on any atom is -0.489 e. The summed E-state index contributed by atoms with van der Waals surface area (Å²) < 4.78 is 24.1. The zero-order chi connectivity index (χ0) is 24.2. The molecule has 0 spiro atoms. The summed E-state index contributed by atoms with van der Waals surface area (Å²) in [4.78, 5) is 4.44. The van der Waals surface area contributed by atoms with E-state index in [2.05, 4.69) is 60.4 Å². The fraction of sp³-hybridized carbons (Fsp3) is 0.821. The molecule has 0 aliphatic heterocycles. The van der Waals surface area contributed by atoms with Crippen LogP contribution in [-0.2, 0) is 9.47 Å². The number of nitrogens with zero attached hydrogens (tertiary/aromatic N) is 1. The highest BCUT2D eigenvalue weighted by Crippen LogP contribution is 2.42. The third kappa shape index (κ3) is 8.75. The molecule has 0 radical (unpaired) electrons. The SMILES string of the molecule is CC(CCOC1CC(C(C)(C)C)C1)CC(C)Oc1ccc(OC2CC(OC(C)(C)C)C2)cn1. The van der Waals surface area contributed by atoms with Gasteiger partial charge in [0.15, 0.2) is 0 Å². The quantitative estimate of drug-likeness (QED) is 0.361. The van der Waals surface area contributed by atoms with Crippen molar-refractivity contribution in [3.8, 4) is 11.6 Å². The van der Waals surface area contributed by atoms with Crippen LogP contribution in [0.2, 0.25) is 0 Å². The zero-order valence-electron chi connectivity index (χ0n) is 22.2. The molecule has 2 unspecified atom stereocenters. The van der Waals surface area contributed by atoms with Gasteiger partial charge in [-0.1, -0.05) is 27.7 Å². The maximum Gasteiger partial charge on any atom is 0.213 e. The van der Waals surface area contributed by atoms with Crippen LogP contribution < -0.4 is 9.47 Å². The van der Waals surface area contributed by atoms with Crippen LogP contribution in [0.3, 0.4) is 0 Å². The summed E-state index contributed by atoms with van der Waals surface area (Å²) in [5.41, 5.74) is 0.323. The molecule has 3 rings (SSSR count). The van der Waals surface area contributed by atoms with E-state index in [1.165, 1.54) is 12.8 Å².